The zero-order valence-electron chi connectivity index (χ0n) is 13.2. The molecule has 0 spiro atoms. The summed E-state index contributed by atoms with van der Waals surface area (Å²) in [6.07, 6.45) is 0. The van der Waals surface area contributed by atoms with E-state index >= 15 is 0 Å². The van der Waals surface area contributed by atoms with Crippen LogP contribution in [0.15, 0.2) is 53.1 Å². The molecule has 2 aromatic heterocycles. The Morgan fingerprint density at radius 3 is 2.44 bits per heavy atom. The van der Waals surface area contributed by atoms with Gasteiger partial charge in [0.25, 0.3) is 5.71 Å². The molecule has 25 heavy (non-hydrogen) atoms. The van der Waals surface area contributed by atoms with Gasteiger partial charge in [0.1, 0.15) is 5.82 Å². The Balaban J connectivity index is 1.95. The lowest BCUT2D eigenvalue weighted by Gasteiger charge is -2.09. The van der Waals surface area contributed by atoms with Gasteiger partial charge in [0.15, 0.2) is 5.78 Å². The smallest absolute Gasteiger partial charge is 0.259 e. The molecule has 2 aromatic carbocycles. The average molecular weight is 330 g/mol. The van der Waals surface area contributed by atoms with Crippen molar-refractivity contribution < 1.29 is 13.7 Å². The lowest BCUT2D eigenvalue weighted by atomic mass is 9.94. The molecule has 0 atom stereocenters. The van der Waals surface area contributed by atoms with E-state index in [1.165, 1.54) is 12.1 Å². The van der Waals surface area contributed by atoms with Crippen molar-refractivity contribution in [3.63, 3.8) is 0 Å². The van der Waals surface area contributed by atoms with Gasteiger partial charge in [0, 0.05) is 16.7 Å². The summed E-state index contributed by atoms with van der Waals surface area (Å²) in [7, 11) is 0. The van der Waals surface area contributed by atoms with Gasteiger partial charge in [-0.05, 0) is 24.6 Å². The van der Waals surface area contributed by atoms with Gasteiger partial charge < -0.3 is 4.52 Å². The van der Waals surface area contributed by atoms with Crippen molar-refractivity contribution in [1.82, 2.24) is 10.1 Å². The van der Waals surface area contributed by atoms with Crippen LogP contribution in [0.1, 0.15) is 21.6 Å². The third-order valence-electron chi connectivity index (χ3n) is 4.58. The topological polar surface area (TPSA) is 56.0 Å². The average Bonchev–Trinajstić information content (AvgIpc) is 3.14. The van der Waals surface area contributed by atoms with Gasteiger partial charge in [0.05, 0.1) is 22.3 Å². The summed E-state index contributed by atoms with van der Waals surface area (Å²) in [6.45, 7) is 1.81. The number of carbonyl (C=O) groups excluding carboxylic acids is 1. The molecule has 4 nitrogen and oxygen atoms in total. The summed E-state index contributed by atoms with van der Waals surface area (Å²) in [4.78, 5) is 17.6. The second-order valence-electron chi connectivity index (χ2n) is 6.04. The van der Waals surface area contributed by atoms with Gasteiger partial charge >= 0.3 is 0 Å². The molecule has 0 aliphatic heterocycles. The molecule has 0 unspecified atom stereocenters. The maximum Gasteiger partial charge on any atom is 0.259 e. The van der Waals surface area contributed by atoms with Crippen LogP contribution in [0.3, 0.4) is 0 Å². The van der Waals surface area contributed by atoms with Crippen LogP contribution in [0, 0.1) is 12.7 Å². The molecule has 1 aliphatic carbocycles. The number of benzene rings is 2. The van der Waals surface area contributed by atoms with Gasteiger partial charge in [-0.1, -0.05) is 41.6 Å². The number of carbonyl (C=O) groups is 1. The first-order valence-corrected chi connectivity index (χ1v) is 7.85. The van der Waals surface area contributed by atoms with Gasteiger partial charge in [0.2, 0.25) is 0 Å². The number of fused-ring (bicyclic) bond motifs is 4. The number of halogens is 1. The molecule has 0 saturated carbocycles. The summed E-state index contributed by atoms with van der Waals surface area (Å²) in [5.41, 5.74) is 4.95. The minimum atomic E-state index is -0.331. The minimum Gasteiger partial charge on any atom is -0.336 e. The van der Waals surface area contributed by atoms with E-state index in [9.17, 15) is 9.18 Å². The molecule has 0 bridgehead atoms. The molecule has 2 heterocycles. The minimum absolute atomic E-state index is 0.0834. The summed E-state index contributed by atoms with van der Waals surface area (Å²) in [5.74, 6) is -0.415. The van der Waals surface area contributed by atoms with Crippen LogP contribution in [-0.2, 0) is 0 Å². The van der Waals surface area contributed by atoms with Gasteiger partial charge in [-0.2, -0.15) is 0 Å². The fraction of sp³-hybridized carbons (Fsp3) is 0.0500. The highest BCUT2D eigenvalue weighted by Gasteiger charge is 2.33. The lowest BCUT2D eigenvalue weighted by Crippen LogP contribution is -2.00. The Bertz CT molecular complexity index is 1180. The molecular weight excluding hydrogens is 319 g/mol. The maximum absolute atomic E-state index is 13.4. The normalized spacial score (nSPS) is 12.5. The quantitative estimate of drug-likeness (QED) is 0.452. The Hall–Kier alpha value is -3.34. The Morgan fingerprint density at radius 1 is 0.960 bits per heavy atom. The van der Waals surface area contributed by atoms with Crippen LogP contribution in [0.25, 0.3) is 33.5 Å². The predicted molar refractivity (Wildman–Crippen MR) is 90.8 cm³/mol. The first-order chi connectivity index (χ1) is 12.1. The van der Waals surface area contributed by atoms with Crippen LogP contribution < -0.4 is 0 Å². The SMILES string of the molecule is Cc1noc2nc3c(c(-c4ccc(F)cc4)c12)C(=O)c1ccccc1-3. The van der Waals surface area contributed by atoms with Gasteiger partial charge in [-0.15, -0.1) is 0 Å². The standard InChI is InChI=1S/C20H11FN2O2/c1-10-15-16(11-6-8-12(21)9-7-11)17-18(22-20(15)25-23-10)13-4-2-3-5-14(13)19(17)24/h2-9H,1H3. The van der Waals surface area contributed by atoms with Crippen molar-refractivity contribution in [2.24, 2.45) is 0 Å². The highest BCUT2D eigenvalue weighted by Crippen LogP contribution is 2.44. The molecule has 5 heteroatoms. The number of ketones is 1. The number of rotatable bonds is 1. The van der Waals surface area contributed by atoms with Crippen molar-refractivity contribution in [2.45, 2.75) is 6.92 Å². The molecule has 0 radical (unpaired) electrons. The van der Waals surface area contributed by atoms with E-state index in [-0.39, 0.29) is 11.6 Å². The molecule has 0 saturated heterocycles. The van der Waals surface area contributed by atoms with E-state index in [4.69, 9.17) is 4.52 Å². The van der Waals surface area contributed by atoms with Gasteiger partial charge in [-0.25, -0.2) is 9.37 Å². The van der Waals surface area contributed by atoms with Crippen LogP contribution >= 0.6 is 0 Å². The fourth-order valence-corrected chi connectivity index (χ4v) is 3.47. The molecule has 1 aliphatic rings. The van der Waals surface area contributed by atoms with E-state index in [1.54, 1.807) is 25.1 Å². The first kappa shape index (κ1) is 14.0. The number of nitrogens with zero attached hydrogens (tertiary/aromatic N) is 2. The summed E-state index contributed by atoms with van der Waals surface area (Å²) in [6, 6.07) is 13.4. The maximum atomic E-state index is 13.4. The zero-order valence-corrected chi connectivity index (χ0v) is 13.2. The number of hydrogen-bond donors (Lipinski definition) is 0. The monoisotopic (exact) mass is 330 g/mol. The van der Waals surface area contributed by atoms with E-state index < -0.39 is 0 Å². The van der Waals surface area contributed by atoms with E-state index in [0.29, 0.717) is 39.2 Å². The number of pyridine rings is 1. The predicted octanol–water partition coefficient (Wildman–Crippen LogP) is 4.55. The number of hydrogen-bond acceptors (Lipinski definition) is 4. The lowest BCUT2D eigenvalue weighted by molar-refractivity contribution is 0.104. The summed E-state index contributed by atoms with van der Waals surface area (Å²) >= 11 is 0. The van der Waals surface area contributed by atoms with Crippen LogP contribution in [0.5, 0.6) is 0 Å². The number of aromatic nitrogens is 2. The summed E-state index contributed by atoms with van der Waals surface area (Å²) in [5, 5.41) is 4.68. The second-order valence-corrected chi connectivity index (χ2v) is 6.04. The third-order valence-corrected chi connectivity index (χ3v) is 4.58. The highest BCUT2D eigenvalue weighted by molar-refractivity contribution is 6.26. The van der Waals surface area contributed by atoms with Gasteiger partial charge in [-0.3, -0.25) is 4.79 Å². The Morgan fingerprint density at radius 2 is 1.68 bits per heavy atom. The molecule has 0 amide bonds. The van der Waals surface area contributed by atoms with Crippen molar-refractivity contribution in [3.05, 3.63) is 71.2 Å². The van der Waals surface area contributed by atoms with Crippen LogP contribution in [-0.4, -0.2) is 15.9 Å². The largest absolute Gasteiger partial charge is 0.336 e. The van der Waals surface area contributed by atoms with E-state index in [2.05, 4.69) is 10.1 Å². The van der Waals surface area contributed by atoms with Crippen LogP contribution in [0.4, 0.5) is 4.39 Å². The molecule has 0 N–H and O–H groups in total. The fourth-order valence-electron chi connectivity index (χ4n) is 3.47. The molecule has 0 fully saturated rings. The number of aryl methyl sites for hydroxylation is 1. The third kappa shape index (κ3) is 1.83. The van der Waals surface area contributed by atoms with Crippen molar-refractivity contribution in [1.29, 1.82) is 0 Å². The Labute approximate surface area is 141 Å². The Kier molecular flexibility index (Phi) is 2.71. The zero-order chi connectivity index (χ0) is 17.1. The molecular formula is C20H11FN2O2. The molecule has 120 valence electrons. The highest BCUT2D eigenvalue weighted by atomic mass is 19.1. The van der Waals surface area contributed by atoms with Crippen molar-refractivity contribution in [3.8, 4) is 22.4 Å². The van der Waals surface area contributed by atoms with Crippen molar-refractivity contribution in [2.75, 3.05) is 0 Å². The first-order valence-electron chi connectivity index (χ1n) is 7.85. The van der Waals surface area contributed by atoms with E-state index in [1.807, 2.05) is 18.2 Å². The second kappa shape index (κ2) is 4.83. The molecule has 5 rings (SSSR count). The van der Waals surface area contributed by atoms with E-state index in [0.717, 1.165) is 11.1 Å². The van der Waals surface area contributed by atoms with Crippen LogP contribution in [0.2, 0.25) is 0 Å². The molecule has 4 aromatic rings. The summed E-state index contributed by atoms with van der Waals surface area (Å²) < 4.78 is 18.8. The van der Waals surface area contributed by atoms with Crippen molar-refractivity contribution >= 4 is 16.9 Å².